The Morgan fingerprint density at radius 3 is 2.52 bits per heavy atom. The molecule has 122 valence electrons. The van der Waals surface area contributed by atoms with Crippen LogP contribution in [0.15, 0.2) is 44.3 Å². The van der Waals surface area contributed by atoms with Crippen LogP contribution in [0.3, 0.4) is 0 Å². The summed E-state index contributed by atoms with van der Waals surface area (Å²) >= 11 is 6.47. The summed E-state index contributed by atoms with van der Waals surface area (Å²) in [5.41, 5.74) is 2.06. The molecule has 0 aliphatic heterocycles. The number of nitrogens with two attached hydrogens (primary N) is 1. The number of carbonyl (C=O) groups is 1. The van der Waals surface area contributed by atoms with Crippen molar-refractivity contribution in [3.05, 3.63) is 56.2 Å². The van der Waals surface area contributed by atoms with Crippen molar-refractivity contribution in [2.24, 2.45) is 5.14 Å². The van der Waals surface area contributed by atoms with Gasteiger partial charge >= 0.3 is 0 Å². The maximum atomic E-state index is 12.1. The van der Waals surface area contributed by atoms with E-state index in [4.69, 9.17) is 5.14 Å². The summed E-state index contributed by atoms with van der Waals surface area (Å²) in [6.07, 6.45) is 1.67. The smallest absolute Gasteiger partial charge is 0.251 e. The van der Waals surface area contributed by atoms with E-state index in [1.807, 2.05) is 13.0 Å². The summed E-state index contributed by atoms with van der Waals surface area (Å²) in [6.45, 7) is 2.20. The Balaban J connectivity index is 2.12. The fourth-order valence-electron chi connectivity index (χ4n) is 1.84. The zero-order chi connectivity index (χ0) is 17.2. The fourth-order valence-corrected chi connectivity index (χ4v) is 3.70. The molecule has 6 nitrogen and oxygen atoms in total. The van der Waals surface area contributed by atoms with E-state index in [1.165, 1.54) is 18.2 Å². The number of primary sulfonamides is 1. The number of hydrogen-bond acceptors (Lipinski definition) is 4. The van der Waals surface area contributed by atoms with E-state index in [1.54, 1.807) is 6.20 Å². The van der Waals surface area contributed by atoms with E-state index >= 15 is 0 Å². The number of pyridine rings is 1. The minimum Gasteiger partial charge on any atom is -0.346 e. The van der Waals surface area contributed by atoms with Crippen LogP contribution in [0.25, 0.3) is 0 Å². The van der Waals surface area contributed by atoms with Crippen molar-refractivity contribution in [1.29, 1.82) is 0 Å². The number of carbonyl (C=O) groups excluding carboxylic acids is 1. The minimum atomic E-state index is -3.83. The minimum absolute atomic E-state index is 0.0701. The van der Waals surface area contributed by atoms with E-state index in [2.05, 4.69) is 42.2 Å². The van der Waals surface area contributed by atoms with E-state index in [0.717, 1.165) is 15.7 Å². The summed E-state index contributed by atoms with van der Waals surface area (Å²) < 4.78 is 23.8. The van der Waals surface area contributed by atoms with Crippen molar-refractivity contribution < 1.29 is 13.2 Å². The molecule has 1 aromatic carbocycles. The van der Waals surface area contributed by atoms with E-state index in [0.29, 0.717) is 5.56 Å². The number of benzene rings is 1. The molecule has 0 saturated heterocycles. The van der Waals surface area contributed by atoms with Gasteiger partial charge in [0.1, 0.15) is 0 Å². The molecular weight excluding hydrogens is 450 g/mol. The Bertz CT molecular complexity index is 870. The van der Waals surface area contributed by atoms with Crippen LogP contribution in [0.4, 0.5) is 0 Å². The van der Waals surface area contributed by atoms with E-state index in [9.17, 15) is 13.2 Å². The number of aryl methyl sites for hydroxylation is 1. The molecule has 1 aromatic heterocycles. The Hall–Kier alpha value is -1.29. The number of amides is 1. The Labute approximate surface area is 150 Å². The molecule has 2 aromatic rings. The lowest BCUT2D eigenvalue weighted by molar-refractivity contribution is 0.0950. The van der Waals surface area contributed by atoms with Gasteiger partial charge in [0.2, 0.25) is 10.0 Å². The molecule has 0 fully saturated rings. The molecule has 0 bridgehead atoms. The predicted octanol–water partition coefficient (Wildman–Crippen LogP) is 2.49. The highest BCUT2D eigenvalue weighted by atomic mass is 79.9. The Morgan fingerprint density at radius 2 is 1.96 bits per heavy atom. The van der Waals surface area contributed by atoms with Gasteiger partial charge in [0.25, 0.3) is 5.91 Å². The molecule has 1 heterocycles. The first-order valence-electron chi connectivity index (χ1n) is 6.40. The predicted molar refractivity (Wildman–Crippen MR) is 93.4 cm³/mol. The number of hydrogen-bond donors (Lipinski definition) is 2. The number of rotatable bonds is 4. The average Bonchev–Trinajstić information content (AvgIpc) is 2.46. The first-order valence-corrected chi connectivity index (χ1v) is 9.53. The van der Waals surface area contributed by atoms with Gasteiger partial charge in [0.05, 0.1) is 17.1 Å². The summed E-state index contributed by atoms with van der Waals surface area (Å²) in [4.78, 5) is 16.3. The first-order chi connectivity index (χ1) is 10.7. The largest absolute Gasteiger partial charge is 0.346 e. The van der Waals surface area contributed by atoms with Crippen molar-refractivity contribution in [3.8, 4) is 0 Å². The van der Waals surface area contributed by atoms with Crippen LogP contribution in [-0.4, -0.2) is 19.3 Å². The third-order valence-electron chi connectivity index (χ3n) is 3.03. The van der Waals surface area contributed by atoms with Crippen LogP contribution < -0.4 is 10.5 Å². The fraction of sp³-hybridized carbons (Fsp3) is 0.143. The van der Waals surface area contributed by atoms with Crippen LogP contribution in [0.1, 0.15) is 21.6 Å². The molecule has 23 heavy (non-hydrogen) atoms. The normalized spacial score (nSPS) is 11.3. The maximum absolute atomic E-state index is 12.1. The molecule has 9 heteroatoms. The van der Waals surface area contributed by atoms with Crippen molar-refractivity contribution in [2.45, 2.75) is 18.4 Å². The monoisotopic (exact) mass is 461 g/mol. The molecule has 1 amide bonds. The van der Waals surface area contributed by atoms with Crippen molar-refractivity contribution >= 4 is 47.8 Å². The zero-order valence-electron chi connectivity index (χ0n) is 12.0. The van der Waals surface area contributed by atoms with Crippen LogP contribution >= 0.6 is 31.9 Å². The van der Waals surface area contributed by atoms with Gasteiger partial charge in [-0.25, -0.2) is 13.6 Å². The van der Waals surface area contributed by atoms with Gasteiger partial charge in [-0.05, 0) is 68.6 Å². The second-order valence-electron chi connectivity index (χ2n) is 4.80. The van der Waals surface area contributed by atoms with Crippen LogP contribution in [0.2, 0.25) is 0 Å². The highest BCUT2D eigenvalue weighted by molar-refractivity contribution is 9.10. The van der Waals surface area contributed by atoms with Gasteiger partial charge in [-0.3, -0.25) is 9.78 Å². The van der Waals surface area contributed by atoms with Crippen LogP contribution in [-0.2, 0) is 16.6 Å². The molecule has 0 aliphatic carbocycles. The van der Waals surface area contributed by atoms with Gasteiger partial charge in [-0.15, -0.1) is 0 Å². The number of sulfonamides is 1. The number of nitrogens with one attached hydrogen (secondary N) is 1. The SMILES string of the molecule is Cc1cc(CNC(=O)c2ccc(S(N)(=O)=O)c(Br)c2)ncc1Br. The lowest BCUT2D eigenvalue weighted by Gasteiger charge is -2.08. The van der Waals surface area contributed by atoms with Crippen LogP contribution in [0.5, 0.6) is 0 Å². The second kappa shape index (κ2) is 7.08. The standard InChI is InChI=1S/C14H13Br2N3O3S/c1-8-4-10(18-7-12(8)16)6-19-14(20)9-2-3-13(11(15)5-9)23(17,21)22/h2-5,7H,6H2,1H3,(H,19,20)(H2,17,21,22). The molecule has 3 N–H and O–H groups in total. The maximum Gasteiger partial charge on any atom is 0.251 e. The van der Waals surface area contributed by atoms with Gasteiger partial charge in [0.15, 0.2) is 0 Å². The first kappa shape index (κ1) is 18.1. The highest BCUT2D eigenvalue weighted by Gasteiger charge is 2.15. The van der Waals surface area contributed by atoms with Gasteiger partial charge < -0.3 is 5.32 Å². The molecule has 0 saturated carbocycles. The number of aromatic nitrogens is 1. The van der Waals surface area contributed by atoms with Gasteiger partial charge in [-0.2, -0.15) is 0 Å². The van der Waals surface area contributed by atoms with Crippen LogP contribution in [0, 0.1) is 6.92 Å². The molecular formula is C14H13Br2N3O3S. The second-order valence-corrected chi connectivity index (χ2v) is 8.04. The van der Waals surface area contributed by atoms with Gasteiger partial charge in [0, 0.05) is 20.7 Å². The van der Waals surface area contributed by atoms with Crippen molar-refractivity contribution in [3.63, 3.8) is 0 Å². The third-order valence-corrected chi connectivity index (χ3v) is 5.75. The molecule has 0 spiro atoms. The lowest BCUT2D eigenvalue weighted by atomic mass is 10.2. The molecule has 2 rings (SSSR count). The lowest BCUT2D eigenvalue weighted by Crippen LogP contribution is -2.23. The number of nitrogens with zero attached hydrogens (tertiary/aromatic N) is 1. The molecule has 0 unspecified atom stereocenters. The highest BCUT2D eigenvalue weighted by Crippen LogP contribution is 2.22. The van der Waals surface area contributed by atoms with E-state index in [-0.39, 0.29) is 21.8 Å². The number of halogens is 2. The average molecular weight is 463 g/mol. The molecule has 0 aliphatic rings. The summed E-state index contributed by atoms with van der Waals surface area (Å²) in [7, 11) is -3.83. The Morgan fingerprint density at radius 1 is 1.26 bits per heavy atom. The zero-order valence-corrected chi connectivity index (χ0v) is 16.0. The summed E-state index contributed by atoms with van der Waals surface area (Å²) in [6, 6.07) is 5.97. The Kier molecular flexibility index (Phi) is 5.56. The summed E-state index contributed by atoms with van der Waals surface area (Å²) in [5, 5.41) is 7.80. The topological polar surface area (TPSA) is 102 Å². The van der Waals surface area contributed by atoms with Gasteiger partial charge in [-0.1, -0.05) is 0 Å². The van der Waals surface area contributed by atoms with Crippen molar-refractivity contribution in [2.75, 3.05) is 0 Å². The molecule has 0 atom stereocenters. The molecule has 0 radical (unpaired) electrons. The van der Waals surface area contributed by atoms with Crippen molar-refractivity contribution in [1.82, 2.24) is 10.3 Å². The summed E-state index contributed by atoms with van der Waals surface area (Å²) in [5.74, 6) is -0.339. The van der Waals surface area contributed by atoms with E-state index < -0.39 is 10.0 Å². The third kappa shape index (κ3) is 4.60. The quantitative estimate of drug-likeness (QED) is 0.728.